The molecule has 2 fully saturated rings. The number of hydrogen-bond acceptors (Lipinski definition) is 4. The van der Waals surface area contributed by atoms with E-state index in [-0.39, 0.29) is 18.3 Å². The van der Waals surface area contributed by atoms with E-state index in [1.54, 1.807) is 7.11 Å². The van der Waals surface area contributed by atoms with Crippen LogP contribution in [0, 0.1) is 0 Å². The molecule has 0 saturated carbocycles. The molecule has 1 aromatic carbocycles. The van der Waals surface area contributed by atoms with E-state index in [4.69, 9.17) is 9.47 Å². The van der Waals surface area contributed by atoms with E-state index < -0.39 is 0 Å². The summed E-state index contributed by atoms with van der Waals surface area (Å²) in [4.78, 5) is 15.1. The maximum Gasteiger partial charge on any atom is 0.253 e. The van der Waals surface area contributed by atoms with Crippen LogP contribution in [0.1, 0.15) is 24.8 Å². The van der Waals surface area contributed by atoms with E-state index in [9.17, 15) is 4.79 Å². The minimum Gasteiger partial charge on any atom is -0.493 e. The van der Waals surface area contributed by atoms with Crippen molar-refractivity contribution in [1.82, 2.24) is 10.2 Å². The molecule has 1 aromatic rings. The van der Waals surface area contributed by atoms with Crippen molar-refractivity contribution in [2.45, 2.75) is 31.3 Å². The summed E-state index contributed by atoms with van der Waals surface area (Å²) in [5.74, 6) is 1.58. The molecule has 0 radical (unpaired) electrons. The van der Waals surface area contributed by atoms with E-state index in [2.05, 4.69) is 10.2 Å². The van der Waals surface area contributed by atoms with Crippen LogP contribution >= 0.6 is 12.4 Å². The van der Waals surface area contributed by atoms with E-state index in [1.165, 1.54) is 0 Å². The van der Waals surface area contributed by atoms with Crippen LogP contribution in [0.2, 0.25) is 0 Å². The summed E-state index contributed by atoms with van der Waals surface area (Å²) in [7, 11) is 1.63. The van der Waals surface area contributed by atoms with Gasteiger partial charge in [0.05, 0.1) is 12.7 Å². The number of rotatable bonds is 2. The Labute approximate surface area is 148 Å². The third-order valence-electron chi connectivity index (χ3n) is 5.09. The van der Waals surface area contributed by atoms with Gasteiger partial charge in [0.2, 0.25) is 0 Å². The Kier molecular flexibility index (Phi) is 5.01. The molecular weight excluding hydrogens is 328 g/mol. The summed E-state index contributed by atoms with van der Waals surface area (Å²) < 4.78 is 11.2. The summed E-state index contributed by atoms with van der Waals surface area (Å²) in [6, 6.07) is 6.45. The van der Waals surface area contributed by atoms with Crippen molar-refractivity contribution in [2.24, 2.45) is 0 Å². The van der Waals surface area contributed by atoms with Crippen LogP contribution in [-0.2, 0) is 4.79 Å². The molecule has 2 atom stereocenters. The number of nitrogens with zero attached hydrogens (tertiary/aromatic N) is 1. The number of para-hydroxylation sites is 1. The third kappa shape index (κ3) is 2.87. The van der Waals surface area contributed by atoms with Gasteiger partial charge in [-0.1, -0.05) is 12.1 Å². The van der Waals surface area contributed by atoms with Crippen molar-refractivity contribution in [3.8, 4) is 11.5 Å². The smallest absolute Gasteiger partial charge is 0.253 e. The van der Waals surface area contributed by atoms with Crippen molar-refractivity contribution >= 4 is 24.4 Å². The first kappa shape index (κ1) is 17.1. The quantitative estimate of drug-likeness (QED) is 0.888. The summed E-state index contributed by atoms with van der Waals surface area (Å²) >= 11 is 0. The highest BCUT2D eigenvalue weighted by molar-refractivity contribution is 5.99. The second kappa shape index (κ2) is 7.03. The van der Waals surface area contributed by atoms with Gasteiger partial charge in [0.25, 0.3) is 5.91 Å². The second-order valence-electron chi connectivity index (χ2n) is 6.43. The molecular formula is C18H23ClN2O3. The molecule has 5 nitrogen and oxygen atoms in total. The number of benzene rings is 1. The Bertz CT molecular complexity index is 648. The zero-order chi connectivity index (χ0) is 15.8. The van der Waals surface area contributed by atoms with Crippen LogP contribution in [0.15, 0.2) is 23.8 Å². The maximum atomic E-state index is 13.0. The predicted octanol–water partition coefficient (Wildman–Crippen LogP) is 2.25. The number of carbonyl (C=O) groups is 1. The zero-order valence-corrected chi connectivity index (χ0v) is 14.6. The van der Waals surface area contributed by atoms with Gasteiger partial charge < -0.3 is 19.7 Å². The summed E-state index contributed by atoms with van der Waals surface area (Å²) in [5.41, 5.74) is 1.66. The molecule has 24 heavy (non-hydrogen) atoms. The molecule has 3 heterocycles. The van der Waals surface area contributed by atoms with Gasteiger partial charge in [-0.2, -0.15) is 0 Å². The first-order valence-corrected chi connectivity index (χ1v) is 8.31. The van der Waals surface area contributed by atoms with Gasteiger partial charge in [-0.25, -0.2) is 0 Å². The van der Waals surface area contributed by atoms with Crippen LogP contribution in [0.5, 0.6) is 11.5 Å². The fourth-order valence-corrected chi connectivity index (χ4v) is 3.94. The summed E-state index contributed by atoms with van der Waals surface area (Å²) in [6.07, 6.45) is 5.22. The van der Waals surface area contributed by atoms with Crippen molar-refractivity contribution in [2.75, 3.05) is 26.8 Å². The fourth-order valence-electron chi connectivity index (χ4n) is 3.94. The van der Waals surface area contributed by atoms with Crippen LogP contribution in [0.3, 0.4) is 0 Å². The van der Waals surface area contributed by atoms with E-state index in [0.29, 0.717) is 24.4 Å². The number of hydrogen-bond donors (Lipinski definition) is 1. The van der Waals surface area contributed by atoms with Gasteiger partial charge in [0, 0.05) is 24.2 Å². The molecule has 3 aliphatic heterocycles. The van der Waals surface area contributed by atoms with Crippen LogP contribution in [0.4, 0.5) is 0 Å². The van der Waals surface area contributed by atoms with Gasteiger partial charge in [0.15, 0.2) is 11.5 Å². The molecule has 3 aliphatic rings. The normalized spacial score (nSPS) is 24.9. The molecule has 1 amide bonds. The van der Waals surface area contributed by atoms with Crippen LogP contribution in [0.25, 0.3) is 6.08 Å². The molecule has 0 spiro atoms. The van der Waals surface area contributed by atoms with Crippen molar-refractivity contribution in [3.63, 3.8) is 0 Å². The van der Waals surface area contributed by atoms with Gasteiger partial charge in [-0.15, -0.1) is 12.4 Å². The lowest BCUT2D eigenvalue weighted by Crippen LogP contribution is -2.44. The predicted molar refractivity (Wildman–Crippen MR) is 94.9 cm³/mol. The first-order valence-electron chi connectivity index (χ1n) is 8.31. The zero-order valence-electron chi connectivity index (χ0n) is 13.8. The number of methoxy groups -OCH3 is 1. The number of amides is 1. The molecule has 130 valence electrons. The molecule has 2 unspecified atom stereocenters. The maximum absolute atomic E-state index is 13.0. The lowest BCUT2D eigenvalue weighted by atomic mass is 10.0. The van der Waals surface area contributed by atoms with Gasteiger partial charge in [0.1, 0.15) is 6.61 Å². The third-order valence-corrected chi connectivity index (χ3v) is 5.09. The molecule has 1 N–H and O–H groups in total. The van der Waals surface area contributed by atoms with Crippen LogP contribution in [-0.4, -0.2) is 49.7 Å². The highest BCUT2D eigenvalue weighted by Crippen LogP contribution is 2.37. The average Bonchev–Trinajstić information content (AvgIpc) is 2.85. The van der Waals surface area contributed by atoms with Crippen LogP contribution < -0.4 is 14.8 Å². The van der Waals surface area contributed by atoms with Gasteiger partial charge in [-0.3, -0.25) is 4.79 Å². The molecule has 0 aliphatic carbocycles. The number of ether oxygens (including phenoxy) is 2. The topological polar surface area (TPSA) is 50.8 Å². The highest BCUT2D eigenvalue weighted by Gasteiger charge is 2.39. The summed E-state index contributed by atoms with van der Waals surface area (Å²) in [6.45, 7) is 2.22. The molecule has 2 saturated heterocycles. The SMILES string of the molecule is COc1cccc2c1OCC(C(=O)N1C3CCNCC1CC3)=C2.Cl. The van der Waals surface area contributed by atoms with Crippen molar-refractivity contribution in [3.05, 3.63) is 29.3 Å². The Morgan fingerprint density at radius 2 is 2.12 bits per heavy atom. The average molecular weight is 351 g/mol. The molecule has 2 bridgehead atoms. The first-order chi connectivity index (χ1) is 11.3. The number of halogens is 1. The van der Waals surface area contributed by atoms with Gasteiger partial charge in [-0.05, 0) is 37.9 Å². The largest absolute Gasteiger partial charge is 0.493 e. The number of carbonyl (C=O) groups excluding carboxylic acids is 1. The lowest BCUT2D eigenvalue weighted by Gasteiger charge is -2.30. The summed E-state index contributed by atoms with van der Waals surface area (Å²) in [5, 5.41) is 3.44. The number of nitrogens with one attached hydrogen (secondary N) is 1. The highest BCUT2D eigenvalue weighted by atomic mass is 35.5. The lowest BCUT2D eigenvalue weighted by molar-refractivity contribution is -0.129. The molecule has 0 aromatic heterocycles. The van der Waals surface area contributed by atoms with E-state index in [0.717, 1.165) is 49.2 Å². The number of fused-ring (bicyclic) bond motifs is 3. The fraction of sp³-hybridized carbons (Fsp3) is 0.500. The molecule has 4 rings (SSSR count). The Hall–Kier alpha value is -1.72. The Morgan fingerprint density at radius 3 is 2.96 bits per heavy atom. The Balaban J connectivity index is 0.00000169. The van der Waals surface area contributed by atoms with E-state index in [1.807, 2.05) is 24.3 Å². The van der Waals surface area contributed by atoms with Gasteiger partial charge >= 0.3 is 0 Å². The monoisotopic (exact) mass is 350 g/mol. The minimum absolute atomic E-state index is 0. The van der Waals surface area contributed by atoms with Crippen molar-refractivity contribution in [1.29, 1.82) is 0 Å². The minimum atomic E-state index is 0. The Morgan fingerprint density at radius 1 is 1.29 bits per heavy atom. The van der Waals surface area contributed by atoms with E-state index >= 15 is 0 Å². The second-order valence-corrected chi connectivity index (χ2v) is 6.43. The molecule has 6 heteroatoms. The standard InChI is InChI=1S/C18H22N2O3.ClH/c1-22-16-4-2-3-12-9-13(11-23-17(12)16)18(21)20-14-5-6-15(20)10-19-8-7-14;/h2-4,9,14-15,19H,5-8,10-11H2,1H3;1H. The van der Waals surface area contributed by atoms with Crippen molar-refractivity contribution < 1.29 is 14.3 Å².